The van der Waals surface area contributed by atoms with Crippen LogP contribution in [0.5, 0.6) is 5.75 Å². The number of halogens is 1. The van der Waals surface area contributed by atoms with Crippen molar-refractivity contribution in [2.75, 3.05) is 20.3 Å². The van der Waals surface area contributed by atoms with E-state index in [1.165, 1.54) is 12.1 Å². The van der Waals surface area contributed by atoms with Crippen molar-refractivity contribution in [2.45, 2.75) is 18.9 Å². The Morgan fingerprint density at radius 2 is 2.11 bits per heavy atom. The van der Waals surface area contributed by atoms with Crippen LogP contribution in [0.25, 0.3) is 0 Å². The van der Waals surface area contributed by atoms with Crippen LogP contribution < -0.4 is 0 Å². The summed E-state index contributed by atoms with van der Waals surface area (Å²) in [6.45, 7) is 1.27. The lowest BCUT2D eigenvalue weighted by atomic mass is 10.1. The highest BCUT2D eigenvalue weighted by Gasteiger charge is 2.24. The molecule has 1 aliphatic rings. The zero-order valence-electron chi connectivity index (χ0n) is 10.2. The summed E-state index contributed by atoms with van der Waals surface area (Å²) in [5, 5.41) is 9.60. The van der Waals surface area contributed by atoms with Gasteiger partial charge in [0.1, 0.15) is 11.6 Å². The summed E-state index contributed by atoms with van der Waals surface area (Å²) in [4.78, 5) is 13.8. The van der Waals surface area contributed by atoms with Crippen LogP contribution in [0.4, 0.5) is 4.39 Å². The summed E-state index contributed by atoms with van der Waals surface area (Å²) in [7, 11) is 1.70. The number of carbonyl (C=O) groups is 1. The molecular formula is C13H16FNO3. The first-order chi connectivity index (χ1) is 8.59. The van der Waals surface area contributed by atoms with E-state index in [9.17, 15) is 14.3 Å². The summed E-state index contributed by atoms with van der Waals surface area (Å²) in [6.07, 6.45) is 1.56. The van der Waals surface area contributed by atoms with Gasteiger partial charge in [-0.25, -0.2) is 4.39 Å². The number of hydrogen-bond acceptors (Lipinski definition) is 3. The predicted molar refractivity (Wildman–Crippen MR) is 64.0 cm³/mol. The second-order valence-corrected chi connectivity index (χ2v) is 4.42. The van der Waals surface area contributed by atoms with E-state index in [1.807, 2.05) is 0 Å². The number of phenols is 1. The van der Waals surface area contributed by atoms with Gasteiger partial charge in [0.25, 0.3) is 5.91 Å². The lowest BCUT2D eigenvalue weighted by Gasteiger charge is -2.31. The first-order valence-corrected chi connectivity index (χ1v) is 5.93. The minimum atomic E-state index is -0.558. The van der Waals surface area contributed by atoms with E-state index >= 15 is 0 Å². The lowest BCUT2D eigenvalue weighted by molar-refractivity contribution is 0.0360. The van der Waals surface area contributed by atoms with Gasteiger partial charge in [-0.05, 0) is 25.0 Å². The van der Waals surface area contributed by atoms with Gasteiger partial charge in [0.05, 0.1) is 5.56 Å². The number of phenolic OH excluding ortho intramolecular Hbond substituents is 1. The summed E-state index contributed by atoms with van der Waals surface area (Å²) in [5.41, 5.74) is 0.130. The Morgan fingerprint density at radius 1 is 1.44 bits per heavy atom. The highest BCUT2D eigenvalue weighted by Crippen LogP contribution is 2.22. The van der Waals surface area contributed by atoms with Crippen LogP contribution in [0.1, 0.15) is 23.2 Å². The molecule has 1 amide bonds. The first-order valence-electron chi connectivity index (χ1n) is 5.93. The van der Waals surface area contributed by atoms with Crippen molar-refractivity contribution < 1.29 is 19.0 Å². The van der Waals surface area contributed by atoms with Crippen molar-refractivity contribution in [2.24, 2.45) is 0 Å². The molecule has 1 heterocycles. The summed E-state index contributed by atoms with van der Waals surface area (Å²) in [5.74, 6) is -1.17. The van der Waals surface area contributed by atoms with Crippen molar-refractivity contribution in [3.05, 3.63) is 29.6 Å². The van der Waals surface area contributed by atoms with E-state index < -0.39 is 5.82 Å². The van der Waals surface area contributed by atoms with Crippen LogP contribution in [0, 0.1) is 5.82 Å². The Labute approximate surface area is 105 Å². The molecule has 98 valence electrons. The third-order valence-corrected chi connectivity index (χ3v) is 3.25. The molecule has 1 aromatic carbocycles. The topological polar surface area (TPSA) is 49.8 Å². The maximum atomic E-state index is 12.9. The normalized spacial score (nSPS) is 16.6. The van der Waals surface area contributed by atoms with E-state index in [2.05, 4.69) is 0 Å². The van der Waals surface area contributed by atoms with Gasteiger partial charge in [-0.1, -0.05) is 0 Å². The summed E-state index contributed by atoms with van der Waals surface area (Å²) >= 11 is 0. The van der Waals surface area contributed by atoms with Crippen LogP contribution in [0.2, 0.25) is 0 Å². The highest BCUT2D eigenvalue weighted by atomic mass is 19.1. The van der Waals surface area contributed by atoms with Gasteiger partial charge >= 0.3 is 0 Å². The Bertz CT molecular complexity index is 444. The molecule has 5 heteroatoms. The third-order valence-electron chi connectivity index (χ3n) is 3.25. The largest absolute Gasteiger partial charge is 0.507 e. The zero-order valence-corrected chi connectivity index (χ0v) is 10.2. The smallest absolute Gasteiger partial charge is 0.257 e. The number of carbonyl (C=O) groups excluding carboxylic acids is 1. The summed E-state index contributed by atoms with van der Waals surface area (Å²) < 4.78 is 18.1. The molecule has 0 radical (unpaired) electrons. The average Bonchev–Trinajstić information content (AvgIpc) is 2.38. The fraction of sp³-hybridized carbons (Fsp3) is 0.462. The SMILES string of the molecule is CN(C(=O)c1ccc(F)cc1O)C1CCOCC1. The van der Waals surface area contributed by atoms with Crippen LogP contribution in [0.3, 0.4) is 0 Å². The predicted octanol–water partition coefficient (Wildman–Crippen LogP) is 1.78. The molecular weight excluding hydrogens is 237 g/mol. The molecule has 0 aliphatic carbocycles. The second-order valence-electron chi connectivity index (χ2n) is 4.42. The second kappa shape index (κ2) is 5.35. The van der Waals surface area contributed by atoms with Crippen molar-refractivity contribution in [1.82, 2.24) is 4.90 Å². The van der Waals surface area contributed by atoms with Crippen molar-refractivity contribution in [3.63, 3.8) is 0 Å². The van der Waals surface area contributed by atoms with E-state index in [1.54, 1.807) is 11.9 Å². The molecule has 0 bridgehead atoms. The molecule has 0 unspecified atom stereocenters. The van der Waals surface area contributed by atoms with Crippen molar-refractivity contribution in [3.8, 4) is 5.75 Å². The maximum Gasteiger partial charge on any atom is 0.257 e. The number of nitrogens with zero attached hydrogens (tertiary/aromatic N) is 1. The van der Waals surface area contributed by atoms with E-state index in [0.29, 0.717) is 13.2 Å². The van der Waals surface area contributed by atoms with Gasteiger partial charge in [-0.2, -0.15) is 0 Å². The molecule has 0 aromatic heterocycles. The molecule has 0 saturated carbocycles. The van der Waals surface area contributed by atoms with Crippen molar-refractivity contribution in [1.29, 1.82) is 0 Å². The zero-order chi connectivity index (χ0) is 13.1. The molecule has 1 aliphatic heterocycles. The van der Waals surface area contributed by atoms with Crippen LogP contribution >= 0.6 is 0 Å². The first kappa shape index (κ1) is 12.8. The Morgan fingerprint density at radius 3 is 2.72 bits per heavy atom. The van der Waals surface area contributed by atoms with Gasteiger partial charge in [0.15, 0.2) is 0 Å². The maximum absolute atomic E-state index is 12.9. The standard InChI is InChI=1S/C13H16FNO3/c1-15(10-4-6-18-7-5-10)13(17)11-3-2-9(14)8-12(11)16/h2-3,8,10,16H,4-7H2,1H3. The molecule has 1 aromatic rings. The lowest BCUT2D eigenvalue weighted by Crippen LogP contribution is -2.40. The van der Waals surface area contributed by atoms with Crippen LogP contribution in [0.15, 0.2) is 18.2 Å². The summed E-state index contributed by atoms with van der Waals surface area (Å²) in [6, 6.07) is 3.54. The fourth-order valence-corrected chi connectivity index (χ4v) is 2.11. The molecule has 18 heavy (non-hydrogen) atoms. The molecule has 1 N–H and O–H groups in total. The van der Waals surface area contributed by atoms with Crippen LogP contribution in [-0.4, -0.2) is 42.2 Å². The number of hydrogen-bond donors (Lipinski definition) is 1. The number of rotatable bonds is 2. The Kier molecular flexibility index (Phi) is 3.81. The van der Waals surface area contributed by atoms with Gasteiger partial charge in [0.2, 0.25) is 0 Å². The van der Waals surface area contributed by atoms with E-state index in [0.717, 1.165) is 18.9 Å². The van der Waals surface area contributed by atoms with Crippen LogP contribution in [-0.2, 0) is 4.74 Å². The molecule has 1 saturated heterocycles. The van der Waals surface area contributed by atoms with Gasteiger partial charge < -0.3 is 14.7 Å². The monoisotopic (exact) mass is 253 g/mol. The highest BCUT2D eigenvalue weighted by molar-refractivity contribution is 5.96. The van der Waals surface area contributed by atoms with Gasteiger partial charge in [0, 0.05) is 32.4 Å². The Balaban J connectivity index is 2.14. The molecule has 0 atom stereocenters. The number of ether oxygens (including phenoxy) is 1. The quantitative estimate of drug-likeness (QED) is 0.874. The third kappa shape index (κ3) is 2.61. The molecule has 0 spiro atoms. The average molecular weight is 253 g/mol. The minimum absolute atomic E-state index is 0.107. The van der Waals surface area contributed by atoms with E-state index in [-0.39, 0.29) is 23.3 Å². The molecule has 4 nitrogen and oxygen atoms in total. The fourth-order valence-electron chi connectivity index (χ4n) is 2.11. The van der Waals surface area contributed by atoms with E-state index in [4.69, 9.17) is 4.74 Å². The number of amides is 1. The van der Waals surface area contributed by atoms with Crippen molar-refractivity contribution >= 4 is 5.91 Å². The van der Waals surface area contributed by atoms with Gasteiger partial charge in [-0.3, -0.25) is 4.79 Å². The minimum Gasteiger partial charge on any atom is -0.507 e. The molecule has 2 rings (SSSR count). The molecule has 1 fully saturated rings. The number of benzene rings is 1. The Hall–Kier alpha value is -1.62. The number of aromatic hydroxyl groups is 1. The van der Waals surface area contributed by atoms with Gasteiger partial charge in [-0.15, -0.1) is 0 Å².